The number of carbonyl (C=O) groups excluding carboxylic acids is 3. The quantitative estimate of drug-likeness (QED) is 0.779. The number of likely N-dealkylation sites (tertiary alicyclic amines) is 1. The van der Waals surface area contributed by atoms with Gasteiger partial charge in [0.1, 0.15) is 5.75 Å². The van der Waals surface area contributed by atoms with Crippen LogP contribution in [0.3, 0.4) is 0 Å². The molecule has 0 bridgehead atoms. The molecule has 2 N–H and O–H groups in total. The molecule has 0 saturated carbocycles. The first kappa shape index (κ1) is 18.8. The van der Waals surface area contributed by atoms with Gasteiger partial charge in [0.05, 0.1) is 5.56 Å². The number of piperidine rings is 1. The first-order chi connectivity index (χ1) is 11.8. The summed E-state index contributed by atoms with van der Waals surface area (Å²) in [5, 5.41) is 0. The van der Waals surface area contributed by atoms with Crippen molar-refractivity contribution in [2.24, 2.45) is 17.6 Å². The van der Waals surface area contributed by atoms with Crippen LogP contribution in [-0.2, 0) is 14.3 Å². The van der Waals surface area contributed by atoms with E-state index in [1.54, 1.807) is 4.90 Å². The maximum absolute atomic E-state index is 12.2. The van der Waals surface area contributed by atoms with E-state index in [9.17, 15) is 14.4 Å². The molecule has 0 aliphatic carbocycles. The summed E-state index contributed by atoms with van der Waals surface area (Å²) >= 11 is 0. The fraction of sp³-hybridized carbons (Fsp3) is 0.500. The summed E-state index contributed by atoms with van der Waals surface area (Å²) in [7, 11) is 0. The molecule has 25 heavy (non-hydrogen) atoms. The van der Waals surface area contributed by atoms with Gasteiger partial charge in [0.2, 0.25) is 0 Å². The van der Waals surface area contributed by atoms with Gasteiger partial charge in [-0.3, -0.25) is 9.59 Å². The van der Waals surface area contributed by atoms with Crippen LogP contribution in [0.2, 0.25) is 0 Å². The van der Waals surface area contributed by atoms with E-state index in [0.29, 0.717) is 36.2 Å². The number of amides is 2. The molecule has 1 saturated heterocycles. The highest BCUT2D eigenvalue weighted by Crippen LogP contribution is 2.21. The van der Waals surface area contributed by atoms with Gasteiger partial charge in [-0.25, -0.2) is 4.79 Å². The Labute approximate surface area is 147 Å². The molecule has 7 heteroatoms. The summed E-state index contributed by atoms with van der Waals surface area (Å²) in [6.45, 7) is 5.13. The van der Waals surface area contributed by atoms with Crippen LogP contribution in [0, 0.1) is 11.8 Å². The number of primary amides is 1. The molecule has 0 unspecified atom stereocenters. The lowest BCUT2D eigenvalue weighted by Crippen LogP contribution is -2.44. The Kier molecular flexibility index (Phi) is 6.38. The van der Waals surface area contributed by atoms with E-state index in [1.165, 1.54) is 24.3 Å². The Morgan fingerprint density at radius 1 is 1.08 bits per heavy atom. The van der Waals surface area contributed by atoms with Crippen LogP contribution in [0.4, 0.5) is 0 Å². The summed E-state index contributed by atoms with van der Waals surface area (Å²) in [6.07, 6.45) is 1.10. The molecule has 0 spiro atoms. The highest BCUT2D eigenvalue weighted by molar-refractivity contribution is 5.91. The predicted octanol–water partition coefficient (Wildman–Crippen LogP) is 1.21. The SMILES string of the molecule is C[C@@H]1C[C@H](C)CN(C(=O)COC(=O)c2ccc(OCC(N)=O)cc2)C1. The summed E-state index contributed by atoms with van der Waals surface area (Å²) in [5.74, 6) is -0.000155. The molecule has 2 rings (SSSR count). The molecule has 7 nitrogen and oxygen atoms in total. The van der Waals surface area contributed by atoms with Crippen molar-refractivity contribution in [2.45, 2.75) is 20.3 Å². The van der Waals surface area contributed by atoms with E-state index in [-0.39, 0.29) is 19.1 Å². The third-order valence-electron chi connectivity index (χ3n) is 4.02. The van der Waals surface area contributed by atoms with Crippen molar-refractivity contribution in [3.05, 3.63) is 29.8 Å². The molecule has 0 radical (unpaired) electrons. The van der Waals surface area contributed by atoms with Crippen molar-refractivity contribution in [3.8, 4) is 5.75 Å². The van der Waals surface area contributed by atoms with Crippen LogP contribution in [0.15, 0.2) is 24.3 Å². The second-order valence-corrected chi connectivity index (χ2v) is 6.60. The zero-order valence-corrected chi connectivity index (χ0v) is 14.6. The molecule has 2 atom stereocenters. The summed E-state index contributed by atoms with van der Waals surface area (Å²) in [4.78, 5) is 36.7. The first-order valence-electron chi connectivity index (χ1n) is 8.31. The van der Waals surface area contributed by atoms with Gasteiger partial charge >= 0.3 is 5.97 Å². The molecular formula is C18H24N2O5. The largest absolute Gasteiger partial charge is 0.484 e. The number of hydrogen-bond donors (Lipinski definition) is 1. The summed E-state index contributed by atoms with van der Waals surface area (Å²) in [5.41, 5.74) is 5.30. The van der Waals surface area contributed by atoms with Crippen LogP contribution >= 0.6 is 0 Å². The van der Waals surface area contributed by atoms with Gasteiger partial charge in [0.25, 0.3) is 11.8 Å². The Hall–Kier alpha value is -2.57. The third-order valence-corrected chi connectivity index (χ3v) is 4.02. The Bertz CT molecular complexity index is 619. The molecule has 1 heterocycles. The van der Waals surface area contributed by atoms with Crippen LogP contribution < -0.4 is 10.5 Å². The summed E-state index contributed by atoms with van der Waals surface area (Å²) < 4.78 is 10.2. The fourth-order valence-corrected chi connectivity index (χ4v) is 3.01. The fourth-order valence-electron chi connectivity index (χ4n) is 3.01. The molecule has 136 valence electrons. The van der Waals surface area contributed by atoms with E-state index < -0.39 is 11.9 Å². The average molecular weight is 348 g/mol. The lowest BCUT2D eigenvalue weighted by Gasteiger charge is -2.34. The monoisotopic (exact) mass is 348 g/mol. The minimum absolute atomic E-state index is 0.173. The van der Waals surface area contributed by atoms with E-state index in [4.69, 9.17) is 15.2 Å². The smallest absolute Gasteiger partial charge is 0.338 e. The molecule has 1 aliphatic heterocycles. The number of nitrogens with zero attached hydrogens (tertiary/aromatic N) is 1. The molecule has 1 fully saturated rings. The average Bonchev–Trinajstić information content (AvgIpc) is 2.57. The normalized spacial score (nSPS) is 20.0. The zero-order valence-electron chi connectivity index (χ0n) is 14.6. The van der Waals surface area contributed by atoms with E-state index in [1.807, 2.05) is 0 Å². The zero-order chi connectivity index (χ0) is 18.4. The van der Waals surface area contributed by atoms with Crippen molar-refractivity contribution in [1.29, 1.82) is 0 Å². The standard InChI is InChI=1S/C18H24N2O5/c1-12-7-13(2)9-20(8-12)17(22)11-25-18(23)14-3-5-15(6-4-14)24-10-16(19)21/h3-6,12-13H,7-11H2,1-2H3,(H2,19,21)/t12-,13+. The van der Waals surface area contributed by atoms with Gasteiger partial charge in [-0.1, -0.05) is 13.8 Å². The number of rotatable bonds is 6. The van der Waals surface area contributed by atoms with Crippen molar-refractivity contribution < 1.29 is 23.9 Å². The molecule has 1 aromatic carbocycles. The van der Waals surface area contributed by atoms with E-state index in [2.05, 4.69) is 13.8 Å². The van der Waals surface area contributed by atoms with Crippen LogP contribution in [0.1, 0.15) is 30.6 Å². The molecule has 1 aromatic rings. The maximum Gasteiger partial charge on any atom is 0.338 e. The Morgan fingerprint density at radius 2 is 1.68 bits per heavy atom. The van der Waals surface area contributed by atoms with Gasteiger partial charge in [-0.05, 0) is 42.5 Å². The number of benzene rings is 1. The van der Waals surface area contributed by atoms with Crippen molar-refractivity contribution >= 4 is 17.8 Å². The number of ether oxygens (including phenoxy) is 2. The molecule has 1 aliphatic rings. The van der Waals surface area contributed by atoms with Crippen molar-refractivity contribution in [3.63, 3.8) is 0 Å². The lowest BCUT2D eigenvalue weighted by molar-refractivity contribution is -0.137. The van der Waals surface area contributed by atoms with Gasteiger partial charge in [-0.2, -0.15) is 0 Å². The van der Waals surface area contributed by atoms with Crippen molar-refractivity contribution in [1.82, 2.24) is 4.90 Å². The lowest BCUT2D eigenvalue weighted by atomic mass is 9.92. The summed E-state index contributed by atoms with van der Waals surface area (Å²) in [6, 6.07) is 6.09. The second-order valence-electron chi connectivity index (χ2n) is 6.60. The first-order valence-corrected chi connectivity index (χ1v) is 8.31. The Balaban J connectivity index is 1.83. The number of hydrogen-bond acceptors (Lipinski definition) is 5. The minimum atomic E-state index is -0.580. The highest BCUT2D eigenvalue weighted by Gasteiger charge is 2.26. The molecule has 2 amide bonds. The van der Waals surface area contributed by atoms with Gasteiger partial charge in [0.15, 0.2) is 13.2 Å². The number of carbonyl (C=O) groups is 3. The molecule has 0 aromatic heterocycles. The van der Waals surface area contributed by atoms with E-state index >= 15 is 0 Å². The molecular weight excluding hydrogens is 324 g/mol. The highest BCUT2D eigenvalue weighted by atomic mass is 16.5. The van der Waals surface area contributed by atoms with Gasteiger partial charge in [0, 0.05) is 13.1 Å². The van der Waals surface area contributed by atoms with Crippen LogP contribution in [0.5, 0.6) is 5.75 Å². The number of esters is 1. The Morgan fingerprint density at radius 3 is 2.24 bits per heavy atom. The topological polar surface area (TPSA) is 98.9 Å². The number of nitrogens with two attached hydrogens (primary N) is 1. The predicted molar refractivity (Wildman–Crippen MR) is 90.9 cm³/mol. The van der Waals surface area contributed by atoms with Gasteiger partial charge < -0.3 is 20.1 Å². The van der Waals surface area contributed by atoms with E-state index in [0.717, 1.165) is 6.42 Å². The third kappa shape index (κ3) is 5.77. The van der Waals surface area contributed by atoms with Crippen molar-refractivity contribution in [2.75, 3.05) is 26.3 Å². The second kappa shape index (κ2) is 8.50. The minimum Gasteiger partial charge on any atom is -0.484 e. The van der Waals surface area contributed by atoms with Gasteiger partial charge in [-0.15, -0.1) is 0 Å². The van der Waals surface area contributed by atoms with Crippen LogP contribution in [-0.4, -0.2) is 49.0 Å². The van der Waals surface area contributed by atoms with Crippen LogP contribution in [0.25, 0.3) is 0 Å². The maximum atomic E-state index is 12.2.